The summed E-state index contributed by atoms with van der Waals surface area (Å²) in [6.07, 6.45) is 9.59. The molecule has 1 aromatic carbocycles. The van der Waals surface area contributed by atoms with Crippen molar-refractivity contribution in [2.24, 2.45) is 46.3 Å². The third-order valence-corrected chi connectivity index (χ3v) is 14.8. The van der Waals surface area contributed by atoms with Gasteiger partial charge in [0.1, 0.15) is 17.8 Å². The topological polar surface area (TPSA) is 119 Å². The maximum atomic E-state index is 12.8. The maximum Gasteiger partial charge on any atom is 0.407 e. The fourth-order valence-corrected chi connectivity index (χ4v) is 12.2. The van der Waals surface area contributed by atoms with Crippen molar-refractivity contribution in [3.8, 4) is 0 Å². The van der Waals surface area contributed by atoms with Gasteiger partial charge in [-0.25, -0.2) is 4.79 Å². The zero-order valence-electron chi connectivity index (χ0n) is 35.3. The van der Waals surface area contributed by atoms with Crippen LogP contribution in [-0.2, 0) is 23.8 Å². The second-order valence-corrected chi connectivity index (χ2v) is 19.7. The molecule has 4 aliphatic rings. The lowest BCUT2D eigenvalue weighted by Gasteiger charge is -2.64. The fourth-order valence-electron chi connectivity index (χ4n) is 12.1. The molecule has 1 amide bonds. The normalized spacial score (nSPS) is 33.1. The van der Waals surface area contributed by atoms with Crippen LogP contribution in [0.3, 0.4) is 0 Å². The van der Waals surface area contributed by atoms with Gasteiger partial charge in [-0.15, -0.1) is 0 Å². The molecule has 1 heterocycles. The first kappa shape index (κ1) is 42.5. The van der Waals surface area contributed by atoms with Gasteiger partial charge in [-0.05, 0) is 151 Å². The Morgan fingerprint density at radius 1 is 1.00 bits per heavy atom. The van der Waals surface area contributed by atoms with Crippen molar-refractivity contribution in [2.45, 2.75) is 137 Å². The van der Waals surface area contributed by atoms with Gasteiger partial charge < -0.3 is 29.7 Å². The Morgan fingerprint density at radius 3 is 2.46 bits per heavy atom. The van der Waals surface area contributed by atoms with E-state index in [9.17, 15) is 14.4 Å². The number of hydrogen-bond donors (Lipinski definition) is 2. The van der Waals surface area contributed by atoms with E-state index in [0.717, 1.165) is 94.0 Å². The molecular weight excluding hydrogens is 728 g/mol. The number of anilines is 1. The van der Waals surface area contributed by atoms with E-state index in [-0.39, 0.29) is 70.8 Å². The number of nitrogens with one attached hydrogen (secondary N) is 2. The molecule has 0 radical (unpaired) electrons. The highest BCUT2D eigenvalue weighted by Gasteiger charge is 2.67. The van der Waals surface area contributed by atoms with Gasteiger partial charge in [0.15, 0.2) is 0 Å². The number of aromatic nitrogens is 1. The number of ether oxygens (including phenoxy) is 3. The molecule has 4 fully saturated rings. The highest BCUT2D eigenvalue weighted by Crippen LogP contribution is 2.69. The second-order valence-electron chi connectivity index (χ2n) is 19.2. The van der Waals surface area contributed by atoms with Gasteiger partial charge in [-0.1, -0.05) is 32.4 Å². The fraction of sp³-hybridized carbons (Fsp3) is 0.733. The number of rotatable bonds is 12. The van der Waals surface area contributed by atoms with Gasteiger partial charge >= 0.3 is 18.0 Å². The number of pyridine rings is 1. The number of carbonyl (C=O) groups excluding carboxylic acids is 3. The molecule has 2 aromatic rings. The van der Waals surface area contributed by atoms with Crippen molar-refractivity contribution in [3.63, 3.8) is 0 Å². The lowest BCUT2D eigenvalue weighted by atomic mass is 9.43. The smallest absolute Gasteiger partial charge is 0.407 e. The van der Waals surface area contributed by atoms with E-state index in [1.807, 2.05) is 51.2 Å². The minimum atomic E-state index is -0.565. The van der Waals surface area contributed by atoms with E-state index < -0.39 is 5.60 Å². The number of hydrogen-bond acceptors (Lipinski definition) is 9. The van der Waals surface area contributed by atoms with Crippen molar-refractivity contribution in [2.75, 3.05) is 32.0 Å². The van der Waals surface area contributed by atoms with E-state index in [1.54, 1.807) is 6.92 Å². The minimum Gasteiger partial charge on any atom is -0.462 e. The second kappa shape index (κ2) is 17.0. The average molecular weight is 796 g/mol. The molecule has 4 aliphatic carbocycles. The zero-order valence-corrected chi connectivity index (χ0v) is 36.0. The van der Waals surface area contributed by atoms with Crippen LogP contribution in [0, 0.1) is 46.3 Å². The molecule has 4 unspecified atom stereocenters. The summed E-state index contributed by atoms with van der Waals surface area (Å²) in [7, 11) is 2.19. The van der Waals surface area contributed by atoms with Crippen molar-refractivity contribution >= 4 is 46.2 Å². The summed E-state index contributed by atoms with van der Waals surface area (Å²) >= 11 is 6.19. The van der Waals surface area contributed by atoms with Crippen molar-refractivity contribution in [3.05, 3.63) is 35.5 Å². The van der Waals surface area contributed by atoms with E-state index in [0.29, 0.717) is 16.9 Å². The molecule has 0 saturated heterocycles. The van der Waals surface area contributed by atoms with Crippen molar-refractivity contribution in [1.29, 1.82) is 0 Å². The zero-order chi connectivity index (χ0) is 40.6. The minimum absolute atomic E-state index is 0.00410. The monoisotopic (exact) mass is 794 g/mol. The molecule has 1 aromatic heterocycles. The first-order chi connectivity index (χ1) is 26.4. The van der Waals surface area contributed by atoms with E-state index >= 15 is 0 Å². The Bertz CT molecular complexity index is 1730. The van der Waals surface area contributed by atoms with Gasteiger partial charge in [-0.2, -0.15) is 0 Å². The van der Waals surface area contributed by atoms with Gasteiger partial charge in [0, 0.05) is 66.6 Å². The van der Waals surface area contributed by atoms with Gasteiger partial charge in [0.05, 0.1) is 5.52 Å². The molecule has 11 heteroatoms. The maximum absolute atomic E-state index is 12.8. The predicted octanol–water partition coefficient (Wildman–Crippen LogP) is 9.28. The molecule has 11 atom stereocenters. The van der Waals surface area contributed by atoms with Crippen LogP contribution in [0.4, 0.5) is 10.5 Å². The first-order valence-corrected chi connectivity index (χ1v) is 21.6. The van der Waals surface area contributed by atoms with Gasteiger partial charge in [-0.3, -0.25) is 14.6 Å². The number of carbonyl (C=O) groups is 3. The molecule has 0 bridgehead atoms. The molecule has 310 valence electrons. The molecule has 56 heavy (non-hydrogen) atoms. The molecule has 6 rings (SSSR count). The number of halogens is 1. The van der Waals surface area contributed by atoms with Crippen molar-refractivity contribution < 1.29 is 28.6 Å². The van der Waals surface area contributed by atoms with E-state index in [1.165, 1.54) is 6.92 Å². The highest BCUT2D eigenvalue weighted by atomic mass is 35.5. The molecular formula is C45H67ClN4O6. The van der Waals surface area contributed by atoms with Crippen LogP contribution < -0.4 is 10.6 Å². The van der Waals surface area contributed by atoms with Crippen LogP contribution in [0.5, 0.6) is 0 Å². The van der Waals surface area contributed by atoms with E-state index in [2.05, 4.69) is 48.3 Å². The number of benzene rings is 1. The summed E-state index contributed by atoms with van der Waals surface area (Å²) < 4.78 is 18.3. The van der Waals surface area contributed by atoms with Crippen LogP contribution in [0.25, 0.3) is 10.9 Å². The number of likely N-dealkylation sites (N-methyl/N-ethyl adjacent to an activating group) is 1. The van der Waals surface area contributed by atoms with Crippen LogP contribution in [0.1, 0.15) is 113 Å². The van der Waals surface area contributed by atoms with Crippen LogP contribution in [-0.4, -0.2) is 78.4 Å². The number of fused-ring (bicyclic) bond motifs is 6. The van der Waals surface area contributed by atoms with Gasteiger partial charge in [0.2, 0.25) is 0 Å². The van der Waals surface area contributed by atoms with Crippen LogP contribution >= 0.6 is 11.6 Å². The van der Waals surface area contributed by atoms with Gasteiger partial charge in [0.25, 0.3) is 0 Å². The largest absolute Gasteiger partial charge is 0.462 e. The van der Waals surface area contributed by atoms with Crippen molar-refractivity contribution in [1.82, 2.24) is 15.2 Å². The summed E-state index contributed by atoms with van der Waals surface area (Å²) in [4.78, 5) is 45.2. The SMILES string of the molecule is CC(=O)O[C@H]1CC2C(C3CC[C@H](C(C)CCCN(C)CCNc4ccnc5cc(Cl)ccc45)[C@]31C)[C@H](OC(C)=O)C[C@@H]1C[C@H](NC(=O)OC(C)(C)C)CC[C@]21C. The Labute approximate surface area is 339 Å². The number of esters is 2. The van der Waals surface area contributed by atoms with Crippen LogP contribution in [0.15, 0.2) is 30.5 Å². The summed E-state index contributed by atoms with van der Waals surface area (Å²) in [5.74, 6) is 1.39. The standard InChI is InChI=1S/C45H67ClN4O6/c1-27(11-10-21-50(9)22-20-48-37-17-19-47-38-25-31(46)12-13-33(37)38)34-14-15-35-41-36(26-40(45(34,35)8)55-29(3)52)44(7)18-16-32(49-42(53)56-43(4,5)6)23-30(44)24-39(41)54-28(2)51/h12-13,17,19,25,27,30,32,34-36,39-41H,10-11,14-16,18,20-24,26H2,1-9H3,(H,47,48)(H,49,53)/t27?,30-,32+,34+,35?,36?,39+,40-,41?,44-,45+/m0/s1. The Kier molecular flexibility index (Phi) is 12.9. The molecule has 0 spiro atoms. The number of nitrogens with zero attached hydrogens (tertiary/aromatic N) is 2. The molecule has 2 N–H and O–H groups in total. The Hall–Kier alpha value is -3.11. The number of amides is 1. The molecule has 10 nitrogen and oxygen atoms in total. The predicted molar refractivity (Wildman–Crippen MR) is 221 cm³/mol. The lowest BCUT2D eigenvalue weighted by molar-refractivity contribution is -0.220. The van der Waals surface area contributed by atoms with Crippen LogP contribution in [0.2, 0.25) is 5.02 Å². The number of alkyl carbamates (subject to hydrolysis) is 1. The Balaban J connectivity index is 1.11. The lowest BCUT2D eigenvalue weighted by Crippen LogP contribution is -2.64. The molecule has 4 saturated carbocycles. The quantitative estimate of drug-likeness (QED) is 0.160. The average Bonchev–Trinajstić information content (AvgIpc) is 3.46. The highest BCUT2D eigenvalue weighted by molar-refractivity contribution is 6.31. The summed E-state index contributed by atoms with van der Waals surface area (Å²) in [5, 5.41) is 8.50. The summed E-state index contributed by atoms with van der Waals surface area (Å²) in [6, 6.07) is 7.84. The molecule has 0 aliphatic heterocycles. The summed E-state index contributed by atoms with van der Waals surface area (Å²) in [5.41, 5.74) is 1.16. The Morgan fingerprint density at radius 2 is 1.75 bits per heavy atom. The third kappa shape index (κ3) is 9.11. The first-order valence-electron chi connectivity index (χ1n) is 21.2. The summed E-state index contributed by atoms with van der Waals surface area (Å²) in [6.45, 7) is 18.7. The third-order valence-electron chi connectivity index (χ3n) is 14.6. The van der Waals surface area contributed by atoms with E-state index in [4.69, 9.17) is 25.8 Å².